The van der Waals surface area contributed by atoms with Gasteiger partial charge in [0.2, 0.25) is 10.0 Å². The smallest absolute Gasteiger partial charge is 0.300 e. The van der Waals surface area contributed by atoms with E-state index in [0.717, 1.165) is 11.3 Å². The second kappa shape index (κ2) is 7.11. The summed E-state index contributed by atoms with van der Waals surface area (Å²) in [5.41, 5.74) is 0.892. The molecule has 0 aliphatic rings. The summed E-state index contributed by atoms with van der Waals surface area (Å²) in [7, 11) is -3.83. The van der Waals surface area contributed by atoms with Crippen LogP contribution in [0.1, 0.15) is 30.4 Å². The van der Waals surface area contributed by atoms with E-state index in [1.165, 1.54) is 12.1 Å². The molecule has 0 unspecified atom stereocenters. The molecular formula is C17H17N5O3S2. The van der Waals surface area contributed by atoms with Crippen LogP contribution in [0.4, 0.5) is 0 Å². The van der Waals surface area contributed by atoms with Crippen LogP contribution in [-0.2, 0) is 16.6 Å². The average molecular weight is 403 g/mol. The summed E-state index contributed by atoms with van der Waals surface area (Å²) >= 11 is 1.16. The van der Waals surface area contributed by atoms with Crippen LogP contribution in [0.15, 0.2) is 40.4 Å². The van der Waals surface area contributed by atoms with Gasteiger partial charge in [-0.05, 0) is 38.1 Å². The summed E-state index contributed by atoms with van der Waals surface area (Å²) in [6.45, 7) is 4.09. The summed E-state index contributed by atoms with van der Waals surface area (Å²) in [4.78, 5) is 17.0. The number of fused-ring (bicyclic) bond motifs is 1. The summed E-state index contributed by atoms with van der Waals surface area (Å²) in [5, 5.41) is 9.40. The van der Waals surface area contributed by atoms with E-state index >= 15 is 0 Å². The van der Waals surface area contributed by atoms with Crippen LogP contribution in [0.5, 0.6) is 0 Å². The van der Waals surface area contributed by atoms with Crippen molar-refractivity contribution < 1.29 is 13.2 Å². The maximum Gasteiger partial charge on any atom is 0.300 e. The van der Waals surface area contributed by atoms with Crippen LogP contribution in [0, 0.1) is 12.3 Å². The lowest BCUT2D eigenvalue weighted by molar-refractivity contribution is 0.0992. The van der Waals surface area contributed by atoms with Crippen molar-refractivity contribution in [2.24, 2.45) is 10.1 Å². The molecule has 2 aromatic heterocycles. The number of hydrogen-bond donors (Lipinski definition) is 1. The van der Waals surface area contributed by atoms with Crippen molar-refractivity contribution in [3.8, 4) is 12.3 Å². The highest BCUT2D eigenvalue weighted by molar-refractivity contribution is 7.89. The number of rotatable bonds is 4. The Bertz CT molecular complexity index is 1240. The number of terminal acetylenes is 1. The van der Waals surface area contributed by atoms with Crippen LogP contribution in [0.3, 0.4) is 0 Å². The topological polar surface area (TPSA) is 112 Å². The van der Waals surface area contributed by atoms with Gasteiger partial charge in [-0.1, -0.05) is 17.3 Å². The summed E-state index contributed by atoms with van der Waals surface area (Å²) < 4.78 is 27.1. The Morgan fingerprint density at radius 2 is 2.15 bits per heavy atom. The van der Waals surface area contributed by atoms with E-state index in [0.29, 0.717) is 15.0 Å². The molecule has 8 nitrogen and oxygen atoms in total. The van der Waals surface area contributed by atoms with Gasteiger partial charge >= 0.3 is 0 Å². The number of amides is 1. The van der Waals surface area contributed by atoms with Crippen molar-refractivity contribution >= 4 is 37.5 Å². The fraction of sp³-hybridized carbons (Fsp3) is 0.235. The van der Waals surface area contributed by atoms with Crippen LogP contribution in [0.25, 0.3) is 10.2 Å². The van der Waals surface area contributed by atoms with Gasteiger partial charge in [0.25, 0.3) is 5.91 Å². The highest BCUT2D eigenvalue weighted by Gasteiger charge is 2.14. The minimum Gasteiger partial charge on any atom is -0.305 e. The first kappa shape index (κ1) is 19.0. The molecule has 1 amide bonds. The molecule has 0 fully saturated rings. The highest BCUT2D eigenvalue weighted by atomic mass is 32.2. The van der Waals surface area contributed by atoms with Crippen LogP contribution < -0.4 is 9.94 Å². The molecule has 0 aliphatic carbocycles. The molecule has 0 bridgehead atoms. The number of carbonyl (C=O) groups is 1. The number of carbonyl (C=O) groups excluding carboxylic acids is 1. The molecule has 0 radical (unpaired) electrons. The zero-order chi connectivity index (χ0) is 19.8. The zero-order valence-electron chi connectivity index (χ0n) is 14.7. The molecule has 3 rings (SSSR count). The van der Waals surface area contributed by atoms with E-state index in [-0.39, 0.29) is 23.2 Å². The lowest BCUT2D eigenvalue weighted by atomic mass is 10.3. The van der Waals surface area contributed by atoms with Crippen molar-refractivity contribution in [1.82, 2.24) is 14.3 Å². The first-order chi connectivity index (χ1) is 12.7. The van der Waals surface area contributed by atoms with Crippen LogP contribution in [0.2, 0.25) is 0 Å². The third-order valence-electron chi connectivity index (χ3n) is 3.79. The van der Waals surface area contributed by atoms with Gasteiger partial charge in [0, 0.05) is 12.2 Å². The largest absolute Gasteiger partial charge is 0.305 e. The minimum absolute atomic E-state index is 0.0161. The molecule has 0 spiro atoms. The molecule has 10 heteroatoms. The number of primary sulfonamides is 1. The zero-order valence-corrected chi connectivity index (χ0v) is 16.3. The summed E-state index contributed by atoms with van der Waals surface area (Å²) in [6.07, 6.45) is 7.15. The number of nitrogens with two attached hydrogens (primary N) is 1. The third-order valence-corrected chi connectivity index (χ3v) is 5.74. The maximum absolute atomic E-state index is 12.5. The van der Waals surface area contributed by atoms with Crippen molar-refractivity contribution in [3.05, 3.63) is 41.0 Å². The van der Waals surface area contributed by atoms with E-state index < -0.39 is 15.9 Å². The molecule has 3 aromatic rings. The first-order valence-electron chi connectivity index (χ1n) is 7.94. The van der Waals surface area contributed by atoms with Gasteiger partial charge in [-0.15, -0.1) is 6.42 Å². The molecule has 0 saturated heterocycles. The van der Waals surface area contributed by atoms with Crippen molar-refractivity contribution in [3.63, 3.8) is 0 Å². The van der Waals surface area contributed by atoms with Gasteiger partial charge < -0.3 is 4.57 Å². The Morgan fingerprint density at radius 1 is 1.41 bits per heavy atom. The van der Waals surface area contributed by atoms with E-state index in [1.807, 2.05) is 13.8 Å². The molecule has 140 valence electrons. The second-order valence-electron chi connectivity index (χ2n) is 6.04. The Balaban J connectivity index is 2.14. The minimum atomic E-state index is -3.83. The van der Waals surface area contributed by atoms with Gasteiger partial charge in [0.05, 0.1) is 21.7 Å². The average Bonchev–Trinajstić information content (AvgIpc) is 3.20. The highest BCUT2D eigenvalue weighted by Crippen LogP contribution is 2.21. The van der Waals surface area contributed by atoms with E-state index in [9.17, 15) is 13.2 Å². The molecule has 2 N–H and O–H groups in total. The second-order valence-corrected chi connectivity index (χ2v) is 8.61. The number of benzene rings is 1. The molecule has 1 aromatic carbocycles. The van der Waals surface area contributed by atoms with Crippen LogP contribution in [-0.4, -0.2) is 28.7 Å². The normalized spacial score (nSPS) is 12.6. The van der Waals surface area contributed by atoms with Crippen LogP contribution >= 0.6 is 11.3 Å². The SMILES string of the molecule is C#CCn1c(=NC(=O)c2ccn(C(C)C)n2)sc2cc(S(N)(=O)=O)ccc21. The Morgan fingerprint density at radius 3 is 2.74 bits per heavy atom. The van der Waals surface area contributed by atoms with Gasteiger partial charge in [0.1, 0.15) is 0 Å². The Hall–Kier alpha value is -2.74. The fourth-order valence-electron chi connectivity index (χ4n) is 2.44. The summed E-state index contributed by atoms with van der Waals surface area (Å²) in [6, 6.07) is 6.16. The lowest BCUT2D eigenvalue weighted by Gasteiger charge is -2.02. The fourth-order valence-corrected chi connectivity index (χ4v) is 4.13. The van der Waals surface area contributed by atoms with Gasteiger partial charge in [-0.25, -0.2) is 13.6 Å². The van der Waals surface area contributed by atoms with E-state index in [2.05, 4.69) is 16.0 Å². The molecule has 0 saturated carbocycles. The molecule has 0 aliphatic heterocycles. The Kier molecular flexibility index (Phi) is 5.01. The van der Waals surface area contributed by atoms with Crippen molar-refractivity contribution in [2.45, 2.75) is 31.3 Å². The number of hydrogen-bond acceptors (Lipinski definition) is 5. The van der Waals surface area contributed by atoms with Gasteiger partial charge in [-0.3, -0.25) is 9.48 Å². The number of aromatic nitrogens is 3. The van der Waals surface area contributed by atoms with Crippen molar-refractivity contribution in [2.75, 3.05) is 0 Å². The lowest BCUT2D eigenvalue weighted by Crippen LogP contribution is -2.17. The molecule has 27 heavy (non-hydrogen) atoms. The molecule has 2 heterocycles. The van der Waals surface area contributed by atoms with Gasteiger partial charge in [-0.2, -0.15) is 10.1 Å². The maximum atomic E-state index is 12.5. The number of nitrogens with zero attached hydrogens (tertiary/aromatic N) is 4. The number of thiazole rings is 1. The third kappa shape index (κ3) is 3.85. The standard InChI is InChI=1S/C17H17N5O3S2/c1-4-8-21-14-6-5-12(27(18,24)25)10-15(14)26-17(21)19-16(23)13-7-9-22(20-13)11(2)3/h1,5-7,9-11H,8H2,2-3H3,(H2,18,24,25). The van der Waals surface area contributed by atoms with Gasteiger partial charge in [0.15, 0.2) is 10.5 Å². The predicted molar refractivity (Wildman–Crippen MR) is 103 cm³/mol. The monoisotopic (exact) mass is 403 g/mol. The van der Waals surface area contributed by atoms with Crippen molar-refractivity contribution in [1.29, 1.82) is 0 Å². The van der Waals surface area contributed by atoms with E-state index in [1.54, 1.807) is 27.6 Å². The quantitative estimate of drug-likeness (QED) is 0.665. The van der Waals surface area contributed by atoms with E-state index in [4.69, 9.17) is 11.6 Å². The number of sulfonamides is 1. The molecular weight excluding hydrogens is 386 g/mol. The molecule has 0 atom stereocenters. The first-order valence-corrected chi connectivity index (χ1v) is 10.3. The summed E-state index contributed by atoms with van der Waals surface area (Å²) in [5.74, 6) is 2.01. The predicted octanol–water partition coefficient (Wildman–Crippen LogP) is 1.50. The Labute approximate surface area is 160 Å².